The van der Waals surface area contributed by atoms with E-state index in [1.54, 1.807) is 23.0 Å². The zero-order valence-electron chi connectivity index (χ0n) is 12.3. The Morgan fingerprint density at radius 3 is 2.90 bits per heavy atom. The Balaban J connectivity index is 2.35. The lowest BCUT2D eigenvalue weighted by atomic mass is 10.0. The molecule has 2 aromatic heterocycles. The molecule has 21 heavy (non-hydrogen) atoms. The number of nitrogens with one attached hydrogen (secondary N) is 2. The number of hydrogen-bond donors (Lipinski definition) is 3. The van der Waals surface area contributed by atoms with Gasteiger partial charge in [-0.25, -0.2) is 20.6 Å². The number of methoxy groups -OCH3 is 1. The summed E-state index contributed by atoms with van der Waals surface area (Å²) in [6.45, 7) is 4.07. The predicted molar refractivity (Wildman–Crippen MR) is 79.7 cm³/mol. The van der Waals surface area contributed by atoms with Crippen LogP contribution in [0, 0.1) is 5.92 Å². The number of imidazole rings is 1. The number of esters is 1. The van der Waals surface area contributed by atoms with Gasteiger partial charge in [0.1, 0.15) is 6.04 Å². The summed E-state index contributed by atoms with van der Waals surface area (Å²) in [5.74, 6) is 6.35. The number of hydrazine groups is 1. The first-order valence-electron chi connectivity index (χ1n) is 6.69. The number of nitrogen functional groups attached to an aromatic ring is 1. The Hall–Kier alpha value is -2.35. The summed E-state index contributed by atoms with van der Waals surface area (Å²) in [6, 6.07) is -0.490. The lowest BCUT2D eigenvalue weighted by Gasteiger charge is -2.19. The maximum atomic E-state index is 11.9. The number of ether oxygens (including phenoxy) is 1. The van der Waals surface area contributed by atoms with Crippen molar-refractivity contribution >= 4 is 23.3 Å². The molecule has 0 radical (unpaired) electrons. The number of fused-ring (bicyclic) bond motifs is 1. The monoisotopic (exact) mass is 292 g/mol. The number of hydrogen-bond acceptors (Lipinski definition) is 7. The molecule has 4 N–H and O–H groups in total. The highest BCUT2D eigenvalue weighted by molar-refractivity contribution is 5.80. The molecule has 0 saturated carbocycles. The molecule has 2 heterocycles. The van der Waals surface area contributed by atoms with Crippen molar-refractivity contribution in [2.75, 3.05) is 17.9 Å². The SMILES string of the molecule is COC(=O)C(CC(C)C)Nc1nc(NN)cn2ccnc12. The summed E-state index contributed by atoms with van der Waals surface area (Å²) in [7, 11) is 1.37. The van der Waals surface area contributed by atoms with E-state index in [0.29, 0.717) is 29.6 Å². The molecule has 0 saturated heterocycles. The van der Waals surface area contributed by atoms with Gasteiger partial charge in [0.25, 0.3) is 0 Å². The molecule has 8 heteroatoms. The van der Waals surface area contributed by atoms with E-state index >= 15 is 0 Å². The number of anilines is 2. The van der Waals surface area contributed by atoms with Gasteiger partial charge in [0.05, 0.1) is 13.3 Å². The molecule has 114 valence electrons. The lowest BCUT2D eigenvalue weighted by Crippen LogP contribution is -2.32. The lowest BCUT2D eigenvalue weighted by molar-refractivity contribution is -0.141. The van der Waals surface area contributed by atoms with Crippen LogP contribution in [0.25, 0.3) is 5.65 Å². The number of nitrogens with two attached hydrogens (primary N) is 1. The summed E-state index contributed by atoms with van der Waals surface area (Å²) in [5.41, 5.74) is 3.11. The van der Waals surface area contributed by atoms with Crippen molar-refractivity contribution in [1.82, 2.24) is 14.4 Å². The Bertz CT molecular complexity index is 624. The van der Waals surface area contributed by atoms with Gasteiger partial charge in [-0.2, -0.15) is 0 Å². The van der Waals surface area contributed by atoms with Crippen LogP contribution < -0.4 is 16.6 Å². The van der Waals surface area contributed by atoms with E-state index in [2.05, 4.69) is 20.7 Å². The molecule has 0 aliphatic carbocycles. The van der Waals surface area contributed by atoms with Crippen molar-refractivity contribution in [2.45, 2.75) is 26.3 Å². The quantitative estimate of drug-likeness (QED) is 0.414. The van der Waals surface area contributed by atoms with E-state index in [1.807, 2.05) is 13.8 Å². The highest BCUT2D eigenvalue weighted by Gasteiger charge is 2.22. The molecule has 0 bridgehead atoms. The van der Waals surface area contributed by atoms with Crippen LogP contribution in [0.2, 0.25) is 0 Å². The minimum atomic E-state index is -0.490. The van der Waals surface area contributed by atoms with E-state index in [4.69, 9.17) is 10.6 Å². The molecular weight excluding hydrogens is 272 g/mol. The molecule has 0 amide bonds. The normalized spacial score (nSPS) is 12.4. The smallest absolute Gasteiger partial charge is 0.328 e. The number of nitrogens with zero attached hydrogens (tertiary/aromatic N) is 3. The molecular formula is C13H20N6O2. The Morgan fingerprint density at radius 2 is 2.29 bits per heavy atom. The average molecular weight is 292 g/mol. The van der Waals surface area contributed by atoms with Crippen LogP contribution >= 0.6 is 0 Å². The van der Waals surface area contributed by atoms with Gasteiger partial charge in [0, 0.05) is 12.4 Å². The number of aromatic nitrogens is 3. The van der Waals surface area contributed by atoms with Gasteiger partial charge in [0.2, 0.25) is 0 Å². The molecule has 0 fully saturated rings. The third-order valence-corrected chi connectivity index (χ3v) is 3.03. The summed E-state index contributed by atoms with van der Waals surface area (Å²) >= 11 is 0. The standard InChI is InChI=1S/C13H20N6O2/c1-8(2)6-9(13(20)21-3)16-11-12-15-4-5-19(12)7-10(17-11)18-14/h4-5,7-9,18H,6,14H2,1-3H3,(H,16,17). The number of carbonyl (C=O) groups excluding carboxylic acids is 1. The minimum absolute atomic E-state index is 0.327. The second-order valence-electron chi connectivity index (χ2n) is 5.13. The summed E-state index contributed by atoms with van der Waals surface area (Å²) < 4.78 is 6.61. The highest BCUT2D eigenvalue weighted by atomic mass is 16.5. The maximum Gasteiger partial charge on any atom is 0.328 e. The zero-order chi connectivity index (χ0) is 15.4. The van der Waals surface area contributed by atoms with Crippen molar-refractivity contribution in [2.24, 2.45) is 11.8 Å². The number of carbonyl (C=O) groups is 1. The van der Waals surface area contributed by atoms with Gasteiger partial charge in [-0.1, -0.05) is 13.8 Å². The molecule has 1 unspecified atom stereocenters. The highest BCUT2D eigenvalue weighted by Crippen LogP contribution is 2.19. The Kier molecular flexibility index (Phi) is 4.59. The molecule has 0 aliphatic rings. The van der Waals surface area contributed by atoms with Crippen LogP contribution in [-0.4, -0.2) is 33.5 Å². The molecule has 2 aromatic rings. The van der Waals surface area contributed by atoms with Gasteiger partial charge < -0.3 is 19.9 Å². The van der Waals surface area contributed by atoms with Crippen molar-refractivity contribution < 1.29 is 9.53 Å². The molecule has 0 spiro atoms. The minimum Gasteiger partial charge on any atom is -0.467 e. The topological polar surface area (TPSA) is 107 Å². The summed E-state index contributed by atoms with van der Waals surface area (Å²) in [4.78, 5) is 20.4. The van der Waals surface area contributed by atoms with Gasteiger partial charge in [-0.05, 0) is 12.3 Å². The third-order valence-electron chi connectivity index (χ3n) is 3.03. The van der Waals surface area contributed by atoms with Crippen LogP contribution in [0.1, 0.15) is 20.3 Å². The van der Waals surface area contributed by atoms with Gasteiger partial charge >= 0.3 is 5.97 Å². The molecule has 8 nitrogen and oxygen atoms in total. The predicted octanol–water partition coefficient (Wildman–Crippen LogP) is 1.01. The largest absolute Gasteiger partial charge is 0.467 e. The Morgan fingerprint density at radius 1 is 1.52 bits per heavy atom. The van der Waals surface area contributed by atoms with E-state index in [9.17, 15) is 4.79 Å². The second kappa shape index (κ2) is 6.40. The van der Waals surface area contributed by atoms with Crippen molar-refractivity contribution in [3.8, 4) is 0 Å². The van der Waals surface area contributed by atoms with Gasteiger partial charge in [-0.3, -0.25) is 0 Å². The van der Waals surface area contributed by atoms with Crippen LogP contribution in [-0.2, 0) is 9.53 Å². The molecule has 1 atom stereocenters. The van der Waals surface area contributed by atoms with Crippen LogP contribution in [0.4, 0.5) is 11.6 Å². The number of rotatable bonds is 6. The van der Waals surface area contributed by atoms with E-state index < -0.39 is 6.04 Å². The fourth-order valence-electron chi connectivity index (χ4n) is 2.09. The maximum absolute atomic E-state index is 11.9. The van der Waals surface area contributed by atoms with E-state index in [0.717, 1.165) is 0 Å². The zero-order valence-corrected chi connectivity index (χ0v) is 12.3. The van der Waals surface area contributed by atoms with Crippen molar-refractivity contribution in [3.05, 3.63) is 18.6 Å². The Labute approximate surface area is 122 Å². The third kappa shape index (κ3) is 3.40. The van der Waals surface area contributed by atoms with Gasteiger partial charge in [0.15, 0.2) is 17.3 Å². The van der Waals surface area contributed by atoms with Crippen LogP contribution in [0.15, 0.2) is 18.6 Å². The van der Waals surface area contributed by atoms with E-state index in [1.165, 1.54) is 7.11 Å². The van der Waals surface area contributed by atoms with E-state index in [-0.39, 0.29) is 5.97 Å². The first-order chi connectivity index (χ1) is 10.0. The van der Waals surface area contributed by atoms with Crippen LogP contribution in [0.5, 0.6) is 0 Å². The van der Waals surface area contributed by atoms with Crippen molar-refractivity contribution in [3.63, 3.8) is 0 Å². The first kappa shape index (κ1) is 15.0. The summed E-state index contributed by atoms with van der Waals surface area (Å²) in [6.07, 6.45) is 5.77. The summed E-state index contributed by atoms with van der Waals surface area (Å²) in [5, 5.41) is 3.10. The molecule has 0 aliphatic heterocycles. The fraction of sp³-hybridized carbons (Fsp3) is 0.462. The van der Waals surface area contributed by atoms with Crippen LogP contribution in [0.3, 0.4) is 0 Å². The molecule has 2 rings (SSSR count). The van der Waals surface area contributed by atoms with Gasteiger partial charge in [-0.15, -0.1) is 0 Å². The average Bonchev–Trinajstić information content (AvgIpc) is 2.93. The van der Waals surface area contributed by atoms with Crippen molar-refractivity contribution in [1.29, 1.82) is 0 Å². The first-order valence-corrected chi connectivity index (χ1v) is 6.69. The fourth-order valence-corrected chi connectivity index (χ4v) is 2.09. The second-order valence-corrected chi connectivity index (χ2v) is 5.13. The molecule has 0 aromatic carbocycles.